The number of amides is 1. The molecule has 2 aromatic carbocycles. The first kappa shape index (κ1) is 21.5. The van der Waals surface area contributed by atoms with Crippen LogP contribution in [0.4, 0.5) is 5.69 Å². The molecule has 4 rings (SSSR count). The number of nitrogens with zero attached hydrogens (tertiary/aromatic N) is 2. The predicted octanol–water partition coefficient (Wildman–Crippen LogP) is 6.36. The summed E-state index contributed by atoms with van der Waals surface area (Å²) in [7, 11) is 0. The van der Waals surface area contributed by atoms with Crippen LogP contribution in [0.15, 0.2) is 60.7 Å². The molecule has 0 N–H and O–H groups in total. The van der Waals surface area contributed by atoms with Gasteiger partial charge < -0.3 is 4.90 Å². The molecule has 0 bridgehead atoms. The highest BCUT2D eigenvalue weighted by Gasteiger charge is 2.26. The SMILES string of the molecule is CC(CC(=O)c1ccc(Cl)cc1)c1ccc2c(n1)CCCN2C(=O)c1cccc(Cl)c1. The van der Waals surface area contributed by atoms with E-state index in [-0.39, 0.29) is 17.6 Å². The van der Waals surface area contributed by atoms with Crippen LogP contribution in [0.5, 0.6) is 0 Å². The fourth-order valence-electron chi connectivity index (χ4n) is 3.86. The number of rotatable bonds is 5. The number of ketones is 1. The zero-order valence-corrected chi connectivity index (χ0v) is 18.7. The molecule has 0 saturated heterocycles. The normalized spacial score (nSPS) is 14.1. The van der Waals surface area contributed by atoms with E-state index in [0.717, 1.165) is 29.9 Å². The van der Waals surface area contributed by atoms with Gasteiger partial charge in [0.15, 0.2) is 5.78 Å². The number of halogens is 2. The summed E-state index contributed by atoms with van der Waals surface area (Å²) in [4.78, 5) is 32.3. The van der Waals surface area contributed by atoms with Crippen molar-refractivity contribution in [3.63, 3.8) is 0 Å². The minimum atomic E-state index is -0.0797. The van der Waals surface area contributed by atoms with Gasteiger partial charge in [-0.2, -0.15) is 0 Å². The van der Waals surface area contributed by atoms with Gasteiger partial charge in [-0.25, -0.2) is 0 Å². The zero-order valence-electron chi connectivity index (χ0n) is 17.1. The summed E-state index contributed by atoms with van der Waals surface area (Å²) in [5.41, 5.74) is 3.79. The Morgan fingerprint density at radius 3 is 2.52 bits per heavy atom. The van der Waals surface area contributed by atoms with E-state index in [1.165, 1.54) is 0 Å². The maximum absolute atomic E-state index is 13.0. The molecule has 1 unspecified atom stereocenters. The van der Waals surface area contributed by atoms with Gasteiger partial charge in [0.2, 0.25) is 0 Å². The first-order valence-corrected chi connectivity index (χ1v) is 11.0. The van der Waals surface area contributed by atoms with Gasteiger partial charge >= 0.3 is 0 Å². The number of carbonyl (C=O) groups excluding carboxylic acids is 2. The van der Waals surface area contributed by atoms with Gasteiger partial charge in [-0.15, -0.1) is 0 Å². The number of aryl methyl sites for hydroxylation is 1. The van der Waals surface area contributed by atoms with E-state index in [2.05, 4.69) is 0 Å². The molecule has 3 aromatic rings. The molecule has 6 heteroatoms. The maximum Gasteiger partial charge on any atom is 0.258 e. The van der Waals surface area contributed by atoms with Crippen LogP contribution in [0.1, 0.15) is 57.8 Å². The second kappa shape index (κ2) is 9.21. The highest BCUT2D eigenvalue weighted by atomic mass is 35.5. The van der Waals surface area contributed by atoms with Crippen LogP contribution in [0, 0.1) is 0 Å². The van der Waals surface area contributed by atoms with E-state index < -0.39 is 0 Å². The Bertz CT molecular complexity index is 1130. The third kappa shape index (κ3) is 4.81. The molecule has 1 aliphatic rings. The van der Waals surface area contributed by atoms with E-state index >= 15 is 0 Å². The summed E-state index contributed by atoms with van der Waals surface area (Å²) >= 11 is 12.0. The fraction of sp³-hybridized carbons (Fsp3) is 0.240. The van der Waals surface area contributed by atoms with Crippen molar-refractivity contribution in [2.45, 2.75) is 32.1 Å². The topological polar surface area (TPSA) is 50.3 Å². The first-order valence-electron chi connectivity index (χ1n) is 10.3. The molecule has 4 nitrogen and oxygen atoms in total. The van der Waals surface area contributed by atoms with Gasteiger partial charge in [0.25, 0.3) is 5.91 Å². The van der Waals surface area contributed by atoms with Crippen molar-refractivity contribution < 1.29 is 9.59 Å². The van der Waals surface area contributed by atoms with Crippen molar-refractivity contribution in [3.8, 4) is 0 Å². The quantitative estimate of drug-likeness (QED) is 0.423. The molecule has 0 radical (unpaired) electrons. The van der Waals surface area contributed by atoms with Crippen LogP contribution in [-0.4, -0.2) is 23.2 Å². The van der Waals surface area contributed by atoms with E-state index in [1.54, 1.807) is 53.4 Å². The molecule has 1 amide bonds. The molecule has 31 heavy (non-hydrogen) atoms. The number of anilines is 1. The van der Waals surface area contributed by atoms with Gasteiger partial charge in [0.1, 0.15) is 0 Å². The lowest BCUT2D eigenvalue weighted by Crippen LogP contribution is -2.36. The lowest BCUT2D eigenvalue weighted by atomic mass is 9.95. The molecule has 0 aliphatic carbocycles. The van der Waals surface area contributed by atoms with Gasteiger partial charge in [-0.3, -0.25) is 14.6 Å². The highest BCUT2D eigenvalue weighted by Crippen LogP contribution is 2.30. The minimum absolute atomic E-state index is 0.0347. The first-order chi connectivity index (χ1) is 14.9. The van der Waals surface area contributed by atoms with E-state index in [1.807, 2.05) is 19.1 Å². The fourth-order valence-corrected chi connectivity index (χ4v) is 4.18. The van der Waals surface area contributed by atoms with E-state index in [0.29, 0.717) is 34.1 Å². The smallest absolute Gasteiger partial charge is 0.258 e. The number of fused-ring (bicyclic) bond motifs is 1. The largest absolute Gasteiger partial charge is 0.307 e. The lowest BCUT2D eigenvalue weighted by molar-refractivity contribution is 0.0971. The predicted molar refractivity (Wildman–Crippen MR) is 125 cm³/mol. The summed E-state index contributed by atoms with van der Waals surface area (Å²) in [6.07, 6.45) is 2.01. The van der Waals surface area contributed by atoms with Crippen LogP contribution < -0.4 is 4.90 Å². The summed E-state index contributed by atoms with van der Waals surface area (Å²) in [5, 5.41) is 1.15. The summed E-state index contributed by atoms with van der Waals surface area (Å²) in [6, 6.07) is 17.8. The average Bonchev–Trinajstić information content (AvgIpc) is 2.78. The highest BCUT2D eigenvalue weighted by molar-refractivity contribution is 6.31. The van der Waals surface area contributed by atoms with Crippen LogP contribution in [-0.2, 0) is 6.42 Å². The molecular formula is C25H22Cl2N2O2. The van der Waals surface area contributed by atoms with Gasteiger partial charge in [-0.1, -0.05) is 36.2 Å². The van der Waals surface area contributed by atoms with Crippen molar-refractivity contribution >= 4 is 40.6 Å². The van der Waals surface area contributed by atoms with Crippen molar-refractivity contribution in [1.82, 2.24) is 4.98 Å². The Hall–Kier alpha value is -2.69. The molecular weight excluding hydrogens is 431 g/mol. The third-order valence-electron chi connectivity index (χ3n) is 5.54. The molecule has 1 atom stereocenters. The second-order valence-corrected chi connectivity index (χ2v) is 8.68. The summed E-state index contributed by atoms with van der Waals surface area (Å²) < 4.78 is 0. The van der Waals surface area contributed by atoms with E-state index in [9.17, 15) is 9.59 Å². The van der Waals surface area contributed by atoms with Gasteiger partial charge in [0.05, 0.1) is 11.4 Å². The van der Waals surface area contributed by atoms with E-state index in [4.69, 9.17) is 28.2 Å². The Morgan fingerprint density at radius 2 is 1.77 bits per heavy atom. The second-order valence-electron chi connectivity index (χ2n) is 7.81. The molecule has 1 aliphatic heterocycles. The number of Topliss-reactive ketones (excluding diaryl/α,β-unsaturated/α-hetero) is 1. The molecule has 0 fully saturated rings. The Balaban J connectivity index is 1.53. The Kier molecular flexibility index (Phi) is 6.40. The number of hydrogen-bond acceptors (Lipinski definition) is 3. The lowest BCUT2D eigenvalue weighted by Gasteiger charge is -2.29. The average molecular weight is 453 g/mol. The van der Waals surface area contributed by atoms with Crippen LogP contribution in [0.25, 0.3) is 0 Å². The van der Waals surface area contributed by atoms with Crippen LogP contribution in [0.2, 0.25) is 10.0 Å². The number of aromatic nitrogens is 1. The molecule has 0 saturated carbocycles. The van der Waals surface area contributed by atoms with Crippen molar-refractivity contribution in [3.05, 3.63) is 93.2 Å². The number of benzene rings is 2. The molecule has 2 heterocycles. The maximum atomic E-state index is 13.0. The number of carbonyl (C=O) groups is 2. The van der Waals surface area contributed by atoms with Crippen LogP contribution >= 0.6 is 23.2 Å². The van der Waals surface area contributed by atoms with Gasteiger partial charge in [-0.05, 0) is 67.4 Å². The summed E-state index contributed by atoms with van der Waals surface area (Å²) in [6.45, 7) is 2.64. The number of hydrogen-bond donors (Lipinski definition) is 0. The zero-order chi connectivity index (χ0) is 22.0. The van der Waals surface area contributed by atoms with Crippen LogP contribution in [0.3, 0.4) is 0 Å². The number of pyridine rings is 1. The Morgan fingerprint density at radius 1 is 1.00 bits per heavy atom. The molecule has 1 aromatic heterocycles. The van der Waals surface area contributed by atoms with Crippen molar-refractivity contribution in [1.29, 1.82) is 0 Å². The monoisotopic (exact) mass is 452 g/mol. The minimum Gasteiger partial charge on any atom is -0.307 e. The third-order valence-corrected chi connectivity index (χ3v) is 6.02. The van der Waals surface area contributed by atoms with Crippen molar-refractivity contribution in [2.75, 3.05) is 11.4 Å². The Labute approximate surface area is 191 Å². The molecule has 158 valence electrons. The standard InChI is InChI=1S/C25H22Cl2N2O2/c1-16(14-24(30)17-7-9-19(26)10-8-17)21-11-12-23-22(28-21)6-3-13-29(23)25(31)18-4-2-5-20(27)15-18/h2,4-5,7-12,15-16H,3,6,13-14H2,1H3. The van der Waals surface area contributed by atoms with Crippen molar-refractivity contribution in [2.24, 2.45) is 0 Å². The van der Waals surface area contributed by atoms with Gasteiger partial charge in [0, 0.05) is 45.7 Å². The molecule has 0 spiro atoms. The summed E-state index contributed by atoms with van der Waals surface area (Å²) in [5.74, 6) is -0.0575.